The van der Waals surface area contributed by atoms with Gasteiger partial charge in [-0.05, 0) is 103 Å². The molecule has 8 rings (SSSR count). The largest absolute Gasteiger partial charge is 0.542 e. The minimum Gasteiger partial charge on any atom is -0.542 e. The second kappa shape index (κ2) is 36.4. The number of aryl methyl sites for hydroxylation is 4. The molecule has 38 nitrogen and oxygen atoms in total. The number of β-lactam (4-membered cyclic amide) rings is 2. The summed E-state index contributed by atoms with van der Waals surface area (Å²) in [6, 6.07) is 13.9. The van der Waals surface area contributed by atoms with E-state index in [1.807, 2.05) is 81.9 Å². The number of thiazole rings is 2. The number of nitrogens with zero attached hydrogens (tertiary/aromatic N) is 10. The van der Waals surface area contributed by atoms with Gasteiger partial charge in [-0.2, -0.15) is 62.7 Å². The van der Waals surface area contributed by atoms with Crippen molar-refractivity contribution in [2.24, 2.45) is 47.7 Å². The number of Topliss-reactive ketones (excluding diaryl/α,β-unsaturated/α-hetero) is 2. The van der Waals surface area contributed by atoms with Crippen LogP contribution in [0.25, 0.3) is 22.3 Å². The lowest BCUT2D eigenvalue weighted by molar-refractivity contribution is -0.753. The lowest BCUT2D eigenvalue weighted by Gasteiger charge is -2.50. The Morgan fingerprint density at radius 2 is 0.900 bits per heavy atom. The first-order valence-corrected chi connectivity index (χ1v) is 36.2. The van der Waals surface area contributed by atoms with Gasteiger partial charge in [0.2, 0.25) is 12.4 Å². The van der Waals surface area contributed by atoms with Crippen LogP contribution in [0.5, 0.6) is 11.5 Å². The zero-order valence-corrected chi connectivity index (χ0v) is 63.3. The Morgan fingerprint density at radius 3 is 1.14 bits per heavy atom. The number of anilines is 2. The Morgan fingerprint density at radius 1 is 0.600 bits per heavy atom. The van der Waals surface area contributed by atoms with Gasteiger partial charge in [0.15, 0.2) is 47.3 Å². The fraction of sp³-hybridized carbons (Fsp3) is 0.433. The van der Waals surface area contributed by atoms with Gasteiger partial charge in [-0.1, -0.05) is 80.5 Å². The number of ketones is 2. The van der Waals surface area contributed by atoms with E-state index >= 15 is 0 Å². The first-order chi connectivity index (χ1) is 50.6. The molecular formula is C60H70Cl2F6N14O24S4. The van der Waals surface area contributed by atoms with Crippen molar-refractivity contribution < 1.29 is 148 Å². The van der Waals surface area contributed by atoms with Crippen LogP contribution in [0.2, 0.25) is 8.67 Å². The maximum Gasteiger partial charge on any atom is 0.430 e. The number of carboxylic acid groups (broad SMARTS) is 4. The molecule has 6 aromatic rings. The average Bonchev–Trinajstić information content (AvgIpc) is 0.906. The number of alkyl halides is 6. The fourth-order valence-corrected chi connectivity index (χ4v) is 12.3. The fourth-order valence-electron chi connectivity index (χ4n) is 9.52. The number of carbonyl (C=O) groups is 8. The first-order valence-electron chi connectivity index (χ1n) is 31.1. The van der Waals surface area contributed by atoms with Crippen molar-refractivity contribution in [2.45, 2.75) is 115 Å². The number of rotatable bonds is 32. The van der Waals surface area contributed by atoms with Crippen LogP contribution in [-0.4, -0.2) is 185 Å². The first kappa shape index (κ1) is 90.9. The van der Waals surface area contributed by atoms with E-state index in [4.69, 9.17) is 94.2 Å². The van der Waals surface area contributed by atoms with Gasteiger partial charge >= 0.3 is 45.1 Å². The summed E-state index contributed by atoms with van der Waals surface area (Å²) in [5.74, 6) is -14.1. The van der Waals surface area contributed by atoms with Crippen molar-refractivity contribution in [3.63, 3.8) is 0 Å². The van der Waals surface area contributed by atoms with Gasteiger partial charge in [-0.3, -0.25) is 28.3 Å². The van der Waals surface area contributed by atoms with Gasteiger partial charge < -0.3 is 72.1 Å². The van der Waals surface area contributed by atoms with Crippen LogP contribution in [0.3, 0.4) is 0 Å². The number of hydroxylamine groups is 4. The predicted molar refractivity (Wildman–Crippen MR) is 366 cm³/mol. The molecule has 2 aliphatic rings. The second-order valence-electron chi connectivity index (χ2n) is 24.8. The number of nitrogen functional groups attached to an aromatic ring is 2. The molecule has 2 aliphatic heterocycles. The molecule has 2 aromatic carbocycles. The number of benzene rings is 2. The molecule has 4 aromatic heterocycles. The molecule has 12 N–H and O–H groups in total. The zero-order valence-electron chi connectivity index (χ0n) is 58.5. The van der Waals surface area contributed by atoms with Crippen molar-refractivity contribution in [1.82, 2.24) is 29.5 Å². The minimum absolute atomic E-state index is 0.0306. The molecule has 2 amide bonds. The number of oxime groups is 2. The number of hydrogen-bond acceptors (Lipinski definition) is 30. The molecule has 110 heavy (non-hydrogen) atoms. The molecule has 0 radical (unpaired) electrons. The molecule has 50 heteroatoms. The highest BCUT2D eigenvalue weighted by atomic mass is 35.5. The number of ether oxygens (including phenoxy) is 2. The number of aliphatic carboxylic acids is 4. The Bertz CT molecular complexity index is 4400. The number of hydrogen-bond donors (Lipinski definition) is 8. The smallest absolute Gasteiger partial charge is 0.430 e. The van der Waals surface area contributed by atoms with Crippen molar-refractivity contribution >= 4 is 136 Å². The molecule has 0 unspecified atom stereocenters. The molecular weight excluding hydrogens is 1610 g/mol. The quantitative estimate of drug-likeness (QED) is 0.00745. The average molecular weight is 1680 g/mol. The number of halogens is 8. The van der Waals surface area contributed by atoms with Crippen molar-refractivity contribution in [2.75, 3.05) is 37.8 Å². The summed E-state index contributed by atoms with van der Waals surface area (Å²) in [6.07, 6.45) is -1.94. The molecule has 0 aliphatic carbocycles. The van der Waals surface area contributed by atoms with E-state index < -0.39 is 152 Å². The van der Waals surface area contributed by atoms with Crippen LogP contribution in [-0.2, 0) is 105 Å². The predicted octanol–water partition coefficient (Wildman–Crippen LogP) is 1.79. The maximum absolute atomic E-state index is 13.5. The minimum atomic E-state index is -5.19. The van der Waals surface area contributed by atoms with Gasteiger partial charge in [-0.15, -0.1) is 17.9 Å². The van der Waals surface area contributed by atoms with E-state index in [1.54, 1.807) is 24.3 Å². The number of carbonyl (C=O) groups excluding carboxylic acids is 6. The van der Waals surface area contributed by atoms with E-state index in [2.05, 4.69) is 28.8 Å². The zero-order chi connectivity index (χ0) is 83.4. The van der Waals surface area contributed by atoms with Crippen molar-refractivity contribution in [3.05, 3.63) is 93.4 Å². The molecule has 6 heterocycles. The van der Waals surface area contributed by atoms with Gasteiger partial charge in [0.25, 0.3) is 23.0 Å². The number of amides is 2. The van der Waals surface area contributed by atoms with Crippen LogP contribution >= 0.6 is 45.9 Å². The van der Waals surface area contributed by atoms with E-state index in [1.165, 1.54) is 41.5 Å². The highest BCUT2D eigenvalue weighted by Crippen LogP contribution is 2.43. The number of nitrogens with two attached hydrogens (primary N) is 4. The van der Waals surface area contributed by atoms with Crippen molar-refractivity contribution in [1.29, 1.82) is 0 Å². The Balaban J connectivity index is 0.000000335. The molecule has 0 bridgehead atoms. The topological polar surface area (TPSA) is 566 Å². The highest BCUT2D eigenvalue weighted by Gasteiger charge is 2.59. The molecule has 604 valence electrons. The lowest BCUT2D eigenvalue weighted by atomic mass is 9.74. The molecule has 0 spiro atoms. The molecule has 2 saturated heterocycles. The number of carboxylic acids is 4. The van der Waals surface area contributed by atoms with Gasteiger partial charge in [-0.25, -0.2) is 19.6 Å². The van der Waals surface area contributed by atoms with Crippen LogP contribution in [0, 0.1) is 11.8 Å². The number of aromatic nitrogens is 6. The van der Waals surface area contributed by atoms with E-state index in [-0.39, 0.29) is 30.3 Å². The highest BCUT2D eigenvalue weighted by molar-refractivity contribution is 7.81. The third-order valence-corrected chi connectivity index (χ3v) is 18.6. The van der Waals surface area contributed by atoms with Crippen LogP contribution in [0.4, 0.5) is 36.6 Å². The molecule has 0 saturated carbocycles. The molecule has 4 atom stereocenters. The van der Waals surface area contributed by atoms with E-state index in [0.717, 1.165) is 70.9 Å². The third kappa shape index (κ3) is 24.1. The second-order valence-corrected chi connectivity index (χ2v) is 30.1. The third-order valence-electron chi connectivity index (χ3n) is 15.7. The summed E-state index contributed by atoms with van der Waals surface area (Å²) >= 11 is 14.1. The summed E-state index contributed by atoms with van der Waals surface area (Å²) < 4.78 is 154. The van der Waals surface area contributed by atoms with E-state index in [9.17, 15) is 82.2 Å². The van der Waals surface area contributed by atoms with E-state index in [0.29, 0.717) is 34.7 Å². The Kier molecular flexibility index (Phi) is 30.1. The summed E-state index contributed by atoms with van der Waals surface area (Å²) in [4.78, 5) is 113. The summed E-state index contributed by atoms with van der Waals surface area (Å²) in [7, 11) is -6.19. The summed E-state index contributed by atoms with van der Waals surface area (Å²) in [6.45, 7) is 9.58. The van der Waals surface area contributed by atoms with Crippen LogP contribution in [0.1, 0.15) is 78.6 Å². The van der Waals surface area contributed by atoms with Gasteiger partial charge in [0, 0.05) is 12.8 Å². The lowest BCUT2D eigenvalue weighted by Crippen LogP contribution is -2.68. The Labute approximate surface area is 637 Å². The standard InChI is InChI=1S/2C28H34ClN7O10S2.2C2HF3O2/c2*1-27(2)19(24(38)36(27)46-48(41,42)43)12-20(37)21(22-23(29)47-26(31)32-22)33-45-28(3,25(39)40)15-44-18-8-6-16(7-9-18)17-13-34(4)35(14-17)11-5-10-30;2*3-2(4,5)1(6)7/h2*6-9,13-14,19H,5,10-12,15,30H2,1-4H3,(H3-,31,32,39,40,41,42,43);2*(H,6,7)/b2*33-21+;;/t19-,28+;19-,28-;;/m11../s1. The normalized spacial score (nSPS) is 16.7. The summed E-state index contributed by atoms with van der Waals surface area (Å²) in [5, 5.41) is 46.1. The summed E-state index contributed by atoms with van der Waals surface area (Å²) in [5.41, 5.74) is 18.0. The van der Waals surface area contributed by atoms with Crippen LogP contribution < -0.4 is 52.0 Å². The van der Waals surface area contributed by atoms with Gasteiger partial charge in [0.05, 0.1) is 59.5 Å². The SMILES string of the molecule is C[n+]1cc(-c2ccc(OC[C@@](C)(O/N=C(\C(=O)C[C@@H]3C(=O)N(OS(=O)(=O)O)C3(C)C)c3nc(N)sc3Cl)C(=O)O)cc2)cn1CCCN.C[n+]1cc(-c2ccc(OC[C@](C)(O/N=C(\C(=O)C[C@@H]3C(=O)N(OS(=O)(=O)O)C3(C)C)c3nc(N)sc3Cl)C(=O)O)cc2)cn1CCCN.O=C([O-])C(F)(F)F.O=C([O-])C(F)(F)F. The van der Waals surface area contributed by atoms with Crippen LogP contribution in [0.15, 0.2) is 83.6 Å². The van der Waals surface area contributed by atoms with Crippen molar-refractivity contribution in [3.8, 4) is 33.8 Å². The molecule has 2 fully saturated rings. The monoisotopic (exact) mass is 1680 g/mol. The van der Waals surface area contributed by atoms with Gasteiger partial charge in [0.1, 0.15) is 56.7 Å². The Hall–Kier alpha value is -9.76. The maximum atomic E-state index is 13.5.